The normalized spacial score (nSPS) is 16.7. The molecule has 19 heavy (non-hydrogen) atoms. The number of benzene rings is 1. The number of nitrogens with zero attached hydrogens (tertiary/aromatic N) is 1. The van der Waals surface area contributed by atoms with Crippen molar-refractivity contribution >= 4 is 11.6 Å². The Morgan fingerprint density at radius 3 is 2.79 bits per heavy atom. The van der Waals surface area contributed by atoms with Gasteiger partial charge in [-0.2, -0.15) is 0 Å². The van der Waals surface area contributed by atoms with Crippen molar-refractivity contribution < 1.29 is 4.39 Å². The molecule has 0 spiro atoms. The quantitative estimate of drug-likeness (QED) is 0.805. The summed E-state index contributed by atoms with van der Waals surface area (Å²) >= 11 is 5.90. The SMILES string of the molecule is Fc1cccc(CNCCCN2CCCCC2)c1Cl. The highest BCUT2D eigenvalue weighted by molar-refractivity contribution is 6.31. The van der Waals surface area contributed by atoms with Crippen LogP contribution in [-0.2, 0) is 6.54 Å². The summed E-state index contributed by atoms with van der Waals surface area (Å²) in [5.74, 6) is -0.339. The number of rotatable bonds is 6. The molecule has 1 aromatic rings. The van der Waals surface area contributed by atoms with Crippen molar-refractivity contribution in [3.63, 3.8) is 0 Å². The topological polar surface area (TPSA) is 15.3 Å². The summed E-state index contributed by atoms with van der Waals surface area (Å²) in [6, 6.07) is 4.96. The maximum absolute atomic E-state index is 13.2. The molecule has 1 aliphatic heterocycles. The van der Waals surface area contributed by atoms with Gasteiger partial charge in [-0.15, -0.1) is 0 Å². The monoisotopic (exact) mass is 284 g/mol. The van der Waals surface area contributed by atoms with E-state index < -0.39 is 0 Å². The fraction of sp³-hybridized carbons (Fsp3) is 0.600. The highest BCUT2D eigenvalue weighted by Crippen LogP contribution is 2.19. The molecular formula is C15H22ClFN2. The fourth-order valence-electron chi connectivity index (χ4n) is 2.52. The zero-order valence-corrected chi connectivity index (χ0v) is 12.1. The zero-order valence-electron chi connectivity index (χ0n) is 11.3. The first kappa shape index (κ1) is 14.8. The van der Waals surface area contributed by atoms with Gasteiger partial charge in [-0.25, -0.2) is 4.39 Å². The molecular weight excluding hydrogens is 263 g/mol. The van der Waals surface area contributed by atoms with E-state index in [1.54, 1.807) is 6.07 Å². The van der Waals surface area contributed by atoms with Crippen LogP contribution >= 0.6 is 11.6 Å². The first-order valence-electron chi connectivity index (χ1n) is 7.13. The second kappa shape index (κ2) is 7.83. The van der Waals surface area contributed by atoms with Crippen LogP contribution in [-0.4, -0.2) is 31.1 Å². The Morgan fingerprint density at radius 1 is 1.21 bits per heavy atom. The van der Waals surface area contributed by atoms with E-state index in [0.29, 0.717) is 6.54 Å². The lowest BCUT2D eigenvalue weighted by Crippen LogP contribution is -2.32. The average Bonchev–Trinajstić information content (AvgIpc) is 2.44. The van der Waals surface area contributed by atoms with Gasteiger partial charge in [-0.05, 0) is 57.1 Å². The van der Waals surface area contributed by atoms with E-state index in [-0.39, 0.29) is 10.8 Å². The van der Waals surface area contributed by atoms with Crippen molar-refractivity contribution in [3.8, 4) is 0 Å². The van der Waals surface area contributed by atoms with Crippen LogP contribution in [0, 0.1) is 5.82 Å². The number of hydrogen-bond donors (Lipinski definition) is 1. The summed E-state index contributed by atoms with van der Waals surface area (Å²) in [5.41, 5.74) is 0.833. The summed E-state index contributed by atoms with van der Waals surface area (Å²) in [5, 5.41) is 3.57. The van der Waals surface area contributed by atoms with Crippen LogP contribution < -0.4 is 5.32 Å². The highest BCUT2D eigenvalue weighted by Gasteiger charge is 2.09. The molecule has 2 rings (SSSR count). The van der Waals surface area contributed by atoms with Gasteiger partial charge in [0.05, 0.1) is 5.02 Å². The molecule has 1 aromatic carbocycles. The van der Waals surface area contributed by atoms with Gasteiger partial charge in [-0.3, -0.25) is 0 Å². The molecule has 0 unspecified atom stereocenters. The van der Waals surface area contributed by atoms with Gasteiger partial charge in [0.25, 0.3) is 0 Å². The van der Waals surface area contributed by atoms with E-state index in [4.69, 9.17) is 11.6 Å². The number of nitrogens with one attached hydrogen (secondary N) is 1. The molecule has 0 saturated carbocycles. The lowest BCUT2D eigenvalue weighted by atomic mass is 10.1. The minimum absolute atomic E-state index is 0.242. The lowest BCUT2D eigenvalue weighted by molar-refractivity contribution is 0.225. The minimum Gasteiger partial charge on any atom is -0.313 e. The molecule has 1 heterocycles. The summed E-state index contributed by atoms with van der Waals surface area (Å²) < 4.78 is 13.2. The third kappa shape index (κ3) is 4.75. The lowest BCUT2D eigenvalue weighted by Gasteiger charge is -2.26. The molecule has 1 aliphatic rings. The van der Waals surface area contributed by atoms with E-state index >= 15 is 0 Å². The average molecular weight is 285 g/mol. The van der Waals surface area contributed by atoms with Crippen molar-refractivity contribution in [1.29, 1.82) is 0 Å². The van der Waals surface area contributed by atoms with Gasteiger partial charge in [0.2, 0.25) is 0 Å². The van der Waals surface area contributed by atoms with Crippen LogP contribution in [0.15, 0.2) is 18.2 Å². The molecule has 2 nitrogen and oxygen atoms in total. The van der Waals surface area contributed by atoms with Crippen LogP contribution in [0.25, 0.3) is 0 Å². The van der Waals surface area contributed by atoms with E-state index in [1.807, 2.05) is 6.07 Å². The highest BCUT2D eigenvalue weighted by atomic mass is 35.5. The summed E-state index contributed by atoms with van der Waals surface area (Å²) in [4.78, 5) is 2.53. The van der Waals surface area contributed by atoms with E-state index in [1.165, 1.54) is 38.4 Å². The Labute approximate surface area is 119 Å². The Hall–Kier alpha value is -0.640. The van der Waals surface area contributed by atoms with E-state index in [0.717, 1.165) is 25.1 Å². The van der Waals surface area contributed by atoms with Crippen molar-refractivity contribution in [3.05, 3.63) is 34.6 Å². The van der Waals surface area contributed by atoms with Crippen LogP contribution in [0.5, 0.6) is 0 Å². The molecule has 0 amide bonds. The van der Waals surface area contributed by atoms with Gasteiger partial charge >= 0.3 is 0 Å². The number of likely N-dealkylation sites (tertiary alicyclic amines) is 1. The molecule has 0 atom stereocenters. The van der Waals surface area contributed by atoms with Crippen LogP contribution in [0.4, 0.5) is 4.39 Å². The molecule has 0 radical (unpaired) electrons. The third-order valence-corrected chi connectivity index (χ3v) is 4.05. The maximum Gasteiger partial charge on any atom is 0.142 e. The summed E-state index contributed by atoms with van der Waals surface area (Å²) in [7, 11) is 0. The molecule has 106 valence electrons. The Morgan fingerprint density at radius 2 is 2.00 bits per heavy atom. The number of piperidine rings is 1. The molecule has 4 heteroatoms. The maximum atomic E-state index is 13.2. The molecule has 0 aromatic heterocycles. The van der Waals surface area contributed by atoms with Crippen LogP contribution in [0.3, 0.4) is 0 Å². The Kier molecular flexibility index (Phi) is 6.08. The molecule has 0 aliphatic carbocycles. The molecule has 1 saturated heterocycles. The predicted molar refractivity (Wildman–Crippen MR) is 78.0 cm³/mol. The largest absolute Gasteiger partial charge is 0.313 e. The second-order valence-corrected chi connectivity index (χ2v) is 5.52. The van der Waals surface area contributed by atoms with Crippen molar-refractivity contribution in [1.82, 2.24) is 10.2 Å². The predicted octanol–water partition coefficient (Wildman–Crippen LogP) is 3.44. The second-order valence-electron chi connectivity index (χ2n) is 5.15. The zero-order chi connectivity index (χ0) is 13.5. The van der Waals surface area contributed by atoms with Crippen LogP contribution in [0.1, 0.15) is 31.2 Å². The third-order valence-electron chi connectivity index (χ3n) is 3.62. The molecule has 0 bridgehead atoms. The van der Waals surface area contributed by atoms with Crippen molar-refractivity contribution in [2.24, 2.45) is 0 Å². The molecule has 1 N–H and O–H groups in total. The fourth-order valence-corrected chi connectivity index (χ4v) is 2.71. The van der Waals surface area contributed by atoms with E-state index in [9.17, 15) is 4.39 Å². The standard InChI is InChI=1S/C15H22ClFN2/c16-15-13(6-4-7-14(15)17)12-18-8-5-11-19-9-2-1-3-10-19/h4,6-7,18H,1-3,5,8-12H2. The Bertz CT molecular complexity index is 392. The number of halogens is 2. The van der Waals surface area contributed by atoms with Gasteiger partial charge in [0.15, 0.2) is 0 Å². The summed E-state index contributed by atoms with van der Waals surface area (Å²) in [6.07, 6.45) is 5.19. The summed E-state index contributed by atoms with van der Waals surface area (Å²) in [6.45, 7) is 5.23. The smallest absolute Gasteiger partial charge is 0.142 e. The van der Waals surface area contributed by atoms with Crippen LogP contribution in [0.2, 0.25) is 5.02 Å². The van der Waals surface area contributed by atoms with Gasteiger partial charge < -0.3 is 10.2 Å². The van der Waals surface area contributed by atoms with Gasteiger partial charge in [-0.1, -0.05) is 30.2 Å². The minimum atomic E-state index is -0.339. The van der Waals surface area contributed by atoms with Gasteiger partial charge in [0, 0.05) is 6.54 Å². The van der Waals surface area contributed by atoms with Gasteiger partial charge in [0.1, 0.15) is 5.82 Å². The molecule has 1 fully saturated rings. The van der Waals surface area contributed by atoms with Crippen molar-refractivity contribution in [2.75, 3.05) is 26.2 Å². The first-order chi connectivity index (χ1) is 9.27. The Balaban J connectivity index is 1.62. The van der Waals surface area contributed by atoms with Crippen molar-refractivity contribution in [2.45, 2.75) is 32.2 Å². The first-order valence-corrected chi connectivity index (χ1v) is 7.51. The van der Waals surface area contributed by atoms with E-state index in [2.05, 4.69) is 10.2 Å². The number of hydrogen-bond acceptors (Lipinski definition) is 2.